The van der Waals surface area contributed by atoms with Gasteiger partial charge in [-0.2, -0.15) is 5.10 Å². The summed E-state index contributed by atoms with van der Waals surface area (Å²) in [5, 5.41) is 14.5. The number of carbonyl (C=O) groups is 2. The van der Waals surface area contributed by atoms with Crippen LogP contribution in [0.4, 0.5) is 4.39 Å². The first kappa shape index (κ1) is 18.4. The van der Waals surface area contributed by atoms with E-state index in [-0.39, 0.29) is 31.0 Å². The van der Waals surface area contributed by atoms with Crippen molar-refractivity contribution in [3.63, 3.8) is 0 Å². The van der Waals surface area contributed by atoms with Crippen LogP contribution in [0.3, 0.4) is 0 Å². The van der Waals surface area contributed by atoms with Crippen LogP contribution in [0.25, 0.3) is 0 Å². The molecular weight excluding hydrogens is 327 g/mol. The second-order valence-electron chi connectivity index (χ2n) is 5.59. The SMILES string of the molecule is C/C(=N/NC(=O)Cc1ccc(F)cc1)c1cc(CCC(=O)[O-])oc1C. The number of amides is 1. The third kappa shape index (κ3) is 5.56. The van der Waals surface area contributed by atoms with Crippen LogP contribution in [0, 0.1) is 12.7 Å². The molecule has 0 saturated carbocycles. The molecule has 0 radical (unpaired) electrons. The minimum Gasteiger partial charge on any atom is -0.550 e. The molecule has 2 aromatic rings. The van der Waals surface area contributed by atoms with Crippen molar-refractivity contribution in [1.82, 2.24) is 5.43 Å². The Bertz CT molecular complexity index is 794. The van der Waals surface area contributed by atoms with Gasteiger partial charge in [-0.05, 0) is 44.0 Å². The summed E-state index contributed by atoms with van der Waals surface area (Å²) < 4.78 is 18.3. The van der Waals surface area contributed by atoms with Gasteiger partial charge in [0.05, 0.1) is 12.1 Å². The summed E-state index contributed by atoms with van der Waals surface area (Å²) in [6.45, 7) is 3.44. The van der Waals surface area contributed by atoms with E-state index in [1.807, 2.05) is 0 Å². The standard InChI is InChI=1S/C18H19FN2O4/c1-11(16-10-15(25-12(16)2)7-8-18(23)24)20-21-17(22)9-13-3-5-14(19)6-4-13/h3-6,10H,7-9H2,1-2H3,(H,21,22)(H,23,24)/p-1/b20-11-. The van der Waals surface area contributed by atoms with Crippen LogP contribution >= 0.6 is 0 Å². The Morgan fingerprint density at radius 2 is 1.96 bits per heavy atom. The first-order valence-electron chi connectivity index (χ1n) is 7.72. The first-order valence-corrected chi connectivity index (χ1v) is 7.72. The van der Waals surface area contributed by atoms with Gasteiger partial charge in [0.1, 0.15) is 17.3 Å². The Morgan fingerprint density at radius 1 is 1.28 bits per heavy atom. The van der Waals surface area contributed by atoms with Crippen LogP contribution in [0.2, 0.25) is 0 Å². The number of nitrogens with zero attached hydrogens (tertiary/aromatic N) is 1. The number of carbonyl (C=O) groups excluding carboxylic acids is 2. The highest BCUT2D eigenvalue weighted by Crippen LogP contribution is 2.17. The zero-order chi connectivity index (χ0) is 18.4. The van der Waals surface area contributed by atoms with Gasteiger partial charge in [-0.3, -0.25) is 4.79 Å². The maximum Gasteiger partial charge on any atom is 0.244 e. The number of halogens is 1. The van der Waals surface area contributed by atoms with Crippen LogP contribution < -0.4 is 10.5 Å². The average Bonchev–Trinajstić information content (AvgIpc) is 2.94. The fraction of sp³-hybridized carbons (Fsp3) is 0.278. The molecule has 0 aliphatic carbocycles. The second-order valence-corrected chi connectivity index (χ2v) is 5.59. The molecule has 0 aliphatic heterocycles. The number of furan rings is 1. The molecule has 1 N–H and O–H groups in total. The van der Waals surface area contributed by atoms with E-state index < -0.39 is 5.97 Å². The normalized spacial score (nSPS) is 11.4. The van der Waals surface area contributed by atoms with Crippen LogP contribution in [-0.2, 0) is 22.4 Å². The van der Waals surface area contributed by atoms with Gasteiger partial charge in [-0.1, -0.05) is 12.1 Å². The predicted octanol–water partition coefficient (Wildman–Crippen LogP) is 1.49. The molecule has 25 heavy (non-hydrogen) atoms. The lowest BCUT2D eigenvalue weighted by atomic mass is 10.1. The molecule has 0 bridgehead atoms. The molecule has 0 unspecified atom stereocenters. The highest BCUT2D eigenvalue weighted by molar-refractivity contribution is 6.00. The third-order valence-corrected chi connectivity index (χ3v) is 3.56. The van der Waals surface area contributed by atoms with E-state index in [9.17, 15) is 19.1 Å². The van der Waals surface area contributed by atoms with Gasteiger partial charge in [-0.15, -0.1) is 0 Å². The van der Waals surface area contributed by atoms with Crippen LogP contribution in [0.15, 0.2) is 39.9 Å². The van der Waals surface area contributed by atoms with E-state index in [2.05, 4.69) is 10.5 Å². The number of hydrazone groups is 1. The van der Waals surface area contributed by atoms with E-state index in [1.165, 1.54) is 24.3 Å². The van der Waals surface area contributed by atoms with E-state index in [4.69, 9.17) is 4.42 Å². The van der Waals surface area contributed by atoms with Crippen LogP contribution in [-0.4, -0.2) is 17.6 Å². The van der Waals surface area contributed by atoms with Gasteiger partial charge in [0.2, 0.25) is 5.91 Å². The average molecular weight is 345 g/mol. The van der Waals surface area contributed by atoms with Crippen molar-refractivity contribution in [3.8, 4) is 0 Å². The van der Waals surface area contributed by atoms with E-state index in [0.717, 1.165) is 0 Å². The first-order chi connectivity index (χ1) is 11.8. The van der Waals surface area contributed by atoms with Crippen molar-refractivity contribution >= 4 is 17.6 Å². The van der Waals surface area contributed by atoms with Gasteiger partial charge in [0, 0.05) is 18.0 Å². The Balaban J connectivity index is 1.97. The summed E-state index contributed by atoms with van der Waals surface area (Å²) in [5.41, 5.74) is 4.34. The van der Waals surface area contributed by atoms with Crippen molar-refractivity contribution in [1.29, 1.82) is 0 Å². The fourth-order valence-corrected chi connectivity index (χ4v) is 2.28. The Morgan fingerprint density at radius 3 is 2.60 bits per heavy atom. The minimum absolute atomic E-state index is 0.0816. The van der Waals surface area contributed by atoms with Crippen molar-refractivity contribution < 1.29 is 23.5 Å². The molecule has 0 atom stereocenters. The Labute approximate surface area is 144 Å². The predicted molar refractivity (Wildman–Crippen MR) is 87.2 cm³/mol. The maximum absolute atomic E-state index is 12.8. The number of nitrogens with one attached hydrogen (secondary N) is 1. The lowest BCUT2D eigenvalue weighted by Crippen LogP contribution is -2.22. The number of rotatable bonds is 7. The molecule has 2 rings (SSSR count). The molecule has 0 spiro atoms. The Hall–Kier alpha value is -2.96. The molecule has 1 aromatic carbocycles. The van der Waals surface area contributed by atoms with Crippen molar-refractivity contribution in [2.75, 3.05) is 0 Å². The summed E-state index contributed by atoms with van der Waals surface area (Å²) in [5.74, 6) is -0.729. The zero-order valence-corrected chi connectivity index (χ0v) is 14.0. The second kappa shape index (κ2) is 8.23. The topological polar surface area (TPSA) is 94.7 Å². The monoisotopic (exact) mass is 345 g/mol. The molecule has 132 valence electrons. The smallest absolute Gasteiger partial charge is 0.244 e. The van der Waals surface area contributed by atoms with Crippen molar-refractivity contribution in [2.45, 2.75) is 33.1 Å². The molecule has 0 aliphatic rings. The summed E-state index contributed by atoms with van der Waals surface area (Å²) in [6, 6.07) is 7.36. The van der Waals surface area contributed by atoms with Gasteiger partial charge >= 0.3 is 0 Å². The molecule has 0 fully saturated rings. The molecular formula is C18H18FN2O4-. The van der Waals surface area contributed by atoms with Crippen LogP contribution in [0.1, 0.15) is 36.0 Å². The van der Waals surface area contributed by atoms with Gasteiger partial charge in [-0.25, -0.2) is 9.82 Å². The molecule has 6 nitrogen and oxygen atoms in total. The number of benzene rings is 1. The number of carboxylic acids is 1. The number of hydrogen-bond donors (Lipinski definition) is 1. The molecule has 7 heteroatoms. The minimum atomic E-state index is -1.14. The van der Waals surface area contributed by atoms with E-state index in [0.29, 0.717) is 28.4 Å². The number of aliphatic carboxylic acids is 1. The van der Waals surface area contributed by atoms with Crippen molar-refractivity contribution in [3.05, 3.63) is 58.8 Å². The molecule has 1 heterocycles. The summed E-state index contributed by atoms with van der Waals surface area (Å²) in [7, 11) is 0. The van der Waals surface area contributed by atoms with Gasteiger partial charge in [0.15, 0.2) is 0 Å². The highest BCUT2D eigenvalue weighted by Gasteiger charge is 2.11. The number of hydrogen-bond acceptors (Lipinski definition) is 5. The number of aryl methyl sites for hydroxylation is 2. The molecule has 0 saturated heterocycles. The fourth-order valence-electron chi connectivity index (χ4n) is 2.28. The maximum atomic E-state index is 12.8. The van der Waals surface area contributed by atoms with Gasteiger partial charge < -0.3 is 14.3 Å². The highest BCUT2D eigenvalue weighted by atomic mass is 19.1. The quantitative estimate of drug-likeness (QED) is 0.607. The summed E-state index contributed by atoms with van der Waals surface area (Å²) >= 11 is 0. The van der Waals surface area contributed by atoms with Crippen molar-refractivity contribution in [2.24, 2.45) is 5.10 Å². The van der Waals surface area contributed by atoms with E-state index >= 15 is 0 Å². The molecule has 1 aromatic heterocycles. The summed E-state index contributed by atoms with van der Waals surface area (Å²) in [6.07, 6.45) is 0.183. The lowest BCUT2D eigenvalue weighted by molar-refractivity contribution is -0.305. The zero-order valence-electron chi connectivity index (χ0n) is 14.0. The summed E-state index contributed by atoms with van der Waals surface area (Å²) in [4.78, 5) is 22.4. The third-order valence-electron chi connectivity index (χ3n) is 3.56. The van der Waals surface area contributed by atoms with Crippen LogP contribution in [0.5, 0.6) is 0 Å². The van der Waals surface area contributed by atoms with E-state index in [1.54, 1.807) is 19.9 Å². The lowest BCUT2D eigenvalue weighted by Gasteiger charge is -2.02. The Kier molecular flexibility index (Phi) is 6.05. The number of carboxylic acid groups (broad SMARTS) is 1. The van der Waals surface area contributed by atoms with Gasteiger partial charge in [0.25, 0.3) is 0 Å². The molecule has 1 amide bonds. The largest absolute Gasteiger partial charge is 0.550 e.